The van der Waals surface area contributed by atoms with Gasteiger partial charge in [-0.05, 0) is 6.07 Å². The first kappa shape index (κ1) is 12.0. The van der Waals surface area contributed by atoms with Crippen LogP contribution in [0.25, 0.3) is 0 Å². The van der Waals surface area contributed by atoms with Gasteiger partial charge in [0, 0.05) is 12.6 Å². The number of rotatable bonds is 4. The van der Waals surface area contributed by atoms with Crippen molar-refractivity contribution in [3.63, 3.8) is 0 Å². The van der Waals surface area contributed by atoms with Crippen LogP contribution in [0.1, 0.15) is 0 Å². The van der Waals surface area contributed by atoms with Gasteiger partial charge in [0.2, 0.25) is 0 Å². The number of ether oxygens (including phenoxy) is 1. The van der Waals surface area contributed by atoms with Crippen LogP contribution in [0.4, 0.5) is 25.0 Å². The molecule has 0 heterocycles. The molecular weight excluding hydrogens is 220 g/mol. The Morgan fingerprint density at radius 3 is 2.75 bits per heavy atom. The van der Waals surface area contributed by atoms with Crippen molar-refractivity contribution in [3.8, 4) is 0 Å². The molecule has 16 heavy (non-hydrogen) atoms. The molecule has 1 aromatic rings. The molecule has 88 valence electrons. The Labute approximate surface area is 90.4 Å². The van der Waals surface area contributed by atoms with Crippen molar-refractivity contribution in [2.75, 3.05) is 24.2 Å². The summed E-state index contributed by atoms with van der Waals surface area (Å²) in [4.78, 5) is 10.2. The standard InChI is InChI=1S/C9H11F2N3O2/c10-5-3-6(11)8(12)7(4-5)14-1-2-16-9(13)15/h3-4,14H,1-2,12H2,(H2,13,15). The van der Waals surface area contributed by atoms with Gasteiger partial charge in [0.05, 0.1) is 11.4 Å². The Hall–Kier alpha value is -2.05. The van der Waals surface area contributed by atoms with Gasteiger partial charge in [-0.3, -0.25) is 0 Å². The summed E-state index contributed by atoms with van der Waals surface area (Å²) in [5.41, 5.74) is 9.98. The summed E-state index contributed by atoms with van der Waals surface area (Å²) in [5, 5.41) is 2.61. The first-order chi connectivity index (χ1) is 7.50. The topological polar surface area (TPSA) is 90.4 Å². The van der Waals surface area contributed by atoms with Gasteiger partial charge in [0.25, 0.3) is 0 Å². The lowest BCUT2D eigenvalue weighted by atomic mass is 10.2. The highest BCUT2D eigenvalue weighted by atomic mass is 19.1. The summed E-state index contributed by atoms with van der Waals surface area (Å²) in [6.45, 7) is 0.128. The van der Waals surface area contributed by atoms with Crippen molar-refractivity contribution in [2.24, 2.45) is 5.73 Å². The number of carbonyl (C=O) groups is 1. The zero-order valence-electron chi connectivity index (χ0n) is 8.30. The molecule has 5 N–H and O–H groups in total. The van der Waals surface area contributed by atoms with Crippen LogP contribution in [0, 0.1) is 11.6 Å². The number of nitrogens with two attached hydrogens (primary N) is 2. The molecule has 0 fully saturated rings. The zero-order chi connectivity index (χ0) is 12.1. The van der Waals surface area contributed by atoms with E-state index in [1.807, 2.05) is 0 Å². The molecule has 0 bridgehead atoms. The number of hydrogen-bond acceptors (Lipinski definition) is 4. The monoisotopic (exact) mass is 231 g/mol. The SMILES string of the molecule is NC(=O)OCCNc1cc(F)cc(F)c1N. The Kier molecular flexibility index (Phi) is 3.87. The largest absolute Gasteiger partial charge is 0.448 e. The first-order valence-corrected chi connectivity index (χ1v) is 4.41. The number of benzene rings is 1. The average molecular weight is 231 g/mol. The van der Waals surface area contributed by atoms with E-state index in [-0.39, 0.29) is 24.5 Å². The fraction of sp³-hybridized carbons (Fsp3) is 0.222. The van der Waals surface area contributed by atoms with Gasteiger partial charge in [0.1, 0.15) is 12.4 Å². The van der Waals surface area contributed by atoms with E-state index >= 15 is 0 Å². The Morgan fingerprint density at radius 1 is 1.44 bits per heavy atom. The van der Waals surface area contributed by atoms with Gasteiger partial charge in [-0.1, -0.05) is 0 Å². The first-order valence-electron chi connectivity index (χ1n) is 4.41. The molecule has 5 nitrogen and oxygen atoms in total. The highest BCUT2D eigenvalue weighted by Gasteiger charge is 2.07. The van der Waals surface area contributed by atoms with E-state index in [1.165, 1.54) is 0 Å². The number of anilines is 2. The number of halogens is 2. The van der Waals surface area contributed by atoms with Crippen LogP contribution in [0.5, 0.6) is 0 Å². The lowest BCUT2D eigenvalue weighted by Gasteiger charge is -2.09. The van der Waals surface area contributed by atoms with E-state index < -0.39 is 17.7 Å². The van der Waals surface area contributed by atoms with Crippen LogP contribution in [-0.2, 0) is 4.74 Å². The Bertz CT molecular complexity index is 399. The summed E-state index contributed by atoms with van der Waals surface area (Å²) < 4.78 is 30.2. The quantitative estimate of drug-likeness (QED) is 0.533. The molecule has 1 aromatic carbocycles. The van der Waals surface area contributed by atoms with E-state index in [0.717, 1.165) is 6.07 Å². The van der Waals surface area contributed by atoms with Gasteiger partial charge in [0.15, 0.2) is 5.82 Å². The molecule has 0 saturated heterocycles. The molecule has 1 rings (SSSR count). The van der Waals surface area contributed by atoms with Crippen molar-refractivity contribution in [1.29, 1.82) is 0 Å². The number of primary amides is 1. The molecule has 0 atom stereocenters. The van der Waals surface area contributed by atoms with Crippen molar-refractivity contribution >= 4 is 17.5 Å². The minimum atomic E-state index is -0.916. The fourth-order valence-corrected chi connectivity index (χ4v) is 1.07. The van der Waals surface area contributed by atoms with E-state index in [2.05, 4.69) is 10.1 Å². The second kappa shape index (κ2) is 5.15. The van der Waals surface area contributed by atoms with Crippen molar-refractivity contribution in [3.05, 3.63) is 23.8 Å². The lowest BCUT2D eigenvalue weighted by Crippen LogP contribution is -2.18. The van der Waals surface area contributed by atoms with Crippen molar-refractivity contribution in [1.82, 2.24) is 0 Å². The minimum absolute atomic E-state index is 0.0209. The lowest BCUT2D eigenvalue weighted by molar-refractivity contribution is 0.161. The van der Waals surface area contributed by atoms with Crippen LogP contribution in [0.3, 0.4) is 0 Å². The molecule has 0 aromatic heterocycles. The Balaban J connectivity index is 2.57. The average Bonchev–Trinajstić information content (AvgIpc) is 2.19. The summed E-state index contributed by atoms with van der Waals surface area (Å²) in [7, 11) is 0. The third-order valence-electron chi connectivity index (χ3n) is 1.76. The molecule has 1 amide bonds. The number of amides is 1. The number of nitrogen functional groups attached to an aromatic ring is 1. The smallest absolute Gasteiger partial charge is 0.404 e. The highest BCUT2D eigenvalue weighted by molar-refractivity contribution is 5.67. The molecule has 0 aliphatic rings. The van der Waals surface area contributed by atoms with Crippen molar-refractivity contribution in [2.45, 2.75) is 0 Å². The summed E-state index contributed by atoms with van der Waals surface area (Å²) in [6.07, 6.45) is -0.916. The van der Waals surface area contributed by atoms with Gasteiger partial charge in [-0.2, -0.15) is 0 Å². The van der Waals surface area contributed by atoms with Gasteiger partial charge in [-0.15, -0.1) is 0 Å². The molecule has 0 unspecified atom stereocenters. The molecule has 7 heteroatoms. The third-order valence-corrected chi connectivity index (χ3v) is 1.76. The maximum Gasteiger partial charge on any atom is 0.404 e. The van der Waals surface area contributed by atoms with E-state index in [0.29, 0.717) is 6.07 Å². The van der Waals surface area contributed by atoms with Gasteiger partial charge < -0.3 is 21.5 Å². The van der Waals surface area contributed by atoms with Crippen LogP contribution < -0.4 is 16.8 Å². The molecule has 0 saturated carbocycles. The van der Waals surface area contributed by atoms with Crippen LogP contribution in [0.15, 0.2) is 12.1 Å². The molecule has 0 spiro atoms. The molecule has 0 radical (unpaired) electrons. The maximum atomic E-state index is 13.0. The van der Waals surface area contributed by atoms with E-state index in [4.69, 9.17) is 11.5 Å². The maximum absolute atomic E-state index is 13.0. The second-order valence-corrected chi connectivity index (χ2v) is 2.94. The van der Waals surface area contributed by atoms with E-state index in [9.17, 15) is 13.6 Å². The summed E-state index contributed by atoms with van der Waals surface area (Å²) in [5.74, 6) is -1.59. The number of carbonyl (C=O) groups excluding carboxylic acids is 1. The third kappa shape index (κ3) is 3.26. The normalized spacial score (nSPS) is 9.88. The number of nitrogens with one attached hydrogen (secondary N) is 1. The fourth-order valence-electron chi connectivity index (χ4n) is 1.07. The Morgan fingerprint density at radius 2 is 2.12 bits per heavy atom. The van der Waals surface area contributed by atoms with Gasteiger partial charge >= 0.3 is 6.09 Å². The summed E-state index contributed by atoms with van der Waals surface area (Å²) >= 11 is 0. The second-order valence-electron chi connectivity index (χ2n) is 2.94. The van der Waals surface area contributed by atoms with E-state index in [1.54, 1.807) is 0 Å². The number of hydrogen-bond donors (Lipinski definition) is 3. The van der Waals surface area contributed by atoms with Gasteiger partial charge in [-0.25, -0.2) is 13.6 Å². The minimum Gasteiger partial charge on any atom is -0.448 e. The van der Waals surface area contributed by atoms with Crippen LogP contribution in [0.2, 0.25) is 0 Å². The zero-order valence-corrected chi connectivity index (χ0v) is 8.30. The molecule has 0 aliphatic heterocycles. The highest BCUT2D eigenvalue weighted by Crippen LogP contribution is 2.22. The predicted molar refractivity (Wildman–Crippen MR) is 54.8 cm³/mol. The molecule has 0 aliphatic carbocycles. The van der Waals surface area contributed by atoms with Crippen LogP contribution in [-0.4, -0.2) is 19.2 Å². The summed E-state index contributed by atoms with van der Waals surface area (Å²) in [6, 6.07) is 1.73. The van der Waals surface area contributed by atoms with Crippen molar-refractivity contribution < 1.29 is 18.3 Å². The molecular formula is C9H11F2N3O2. The predicted octanol–water partition coefficient (Wildman–Crippen LogP) is 1.05. The van der Waals surface area contributed by atoms with Crippen LogP contribution >= 0.6 is 0 Å².